The van der Waals surface area contributed by atoms with E-state index >= 15 is 0 Å². The van der Waals surface area contributed by atoms with E-state index < -0.39 is 0 Å². The molecule has 1 aliphatic rings. The van der Waals surface area contributed by atoms with Crippen molar-refractivity contribution in [1.29, 1.82) is 0 Å². The Bertz CT molecular complexity index is 441. The van der Waals surface area contributed by atoms with Crippen LogP contribution in [-0.4, -0.2) is 54.7 Å². The minimum absolute atomic E-state index is 0.0605. The van der Waals surface area contributed by atoms with Crippen LogP contribution in [0.2, 0.25) is 0 Å². The highest BCUT2D eigenvalue weighted by Crippen LogP contribution is 2.13. The summed E-state index contributed by atoms with van der Waals surface area (Å²) in [4.78, 5) is 17.4. The third-order valence-electron chi connectivity index (χ3n) is 3.65. The molecule has 112 valence electrons. The molecular weight excluding hydrogens is 322 g/mol. The number of H-pyrrole nitrogens is 1. The number of aromatic nitrogens is 1. The van der Waals surface area contributed by atoms with Crippen molar-refractivity contribution >= 4 is 21.8 Å². The number of hydrogen-bond donors (Lipinski definition) is 2. The van der Waals surface area contributed by atoms with Gasteiger partial charge in [-0.25, -0.2) is 0 Å². The molecule has 1 fully saturated rings. The Hall–Kier alpha value is -0.850. The van der Waals surface area contributed by atoms with Crippen molar-refractivity contribution in [2.24, 2.45) is 5.92 Å². The summed E-state index contributed by atoms with van der Waals surface area (Å²) in [5.74, 6) is 0.429. The predicted octanol–water partition coefficient (Wildman–Crippen LogP) is 1.86. The Labute approximate surface area is 128 Å². The Morgan fingerprint density at radius 2 is 2.20 bits per heavy atom. The monoisotopic (exact) mass is 343 g/mol. The zero-order chi connectivity index (χ0) is 14.5. The number of rotatable bonds is 5. The van der Waals surface area contributed by atoms with E-state index in [0.29, 0.717) is 24.2 Å². The average molecular weight is 344 g/mol. The first-order valence-corrected chi connectivity index (χ1v) is 7.81. The second-order valence-corrected chi connectivity index (χ2v) is 6.32. The molecule has 0 spiro atoms. The lowest BCUT2D eigenvalue weighted by atomic mass is 10.0. The summed E-state index contributed by atoms with van der Waals surface area (Å²) in [5, 5.41) is 3.02. The predicted molar refractivity (Wildman–Crippen MR) is 81.8 cm³/mol. The largest absolute Gasteiger partial charge is 0.379 e. The van der Waals surface area contributed by atoms with Crippen LogP contribution >= 0.6 is 15.9 Å². The summed E-state index contributed by atoms with van der Waals surface area (Å²) in [6, 6.07) is 2.13. The van der Waals surface area contributed by atoms with E-state index in [9.17, 15) is 4.79 Å². The number of ether oxygens (including phenoxy) is 1. The van der Waals surface area contributed by atoms with E-state index in [1.807, 2.05) is 0 Å². The van der Waals surface area contributed by atoms with Crippen LogP contribution in [0.5, 0.6) is 0 Å². The van der Waals surface area contributed by atoms with Gasteiger partial charge in [0.05, 0.1) is 13.2 Å². The van der Waals surface area contributed by atoms with E-state index in [2.05, 4.69) is 45.0 Å². The maximum atomic E-state index is 12.1. The van der Waals surface area contributed by atoms with Gasteiger partial charge in [0, 0.05) is 36.3 Å². The van der Waals surface area contributed by atoms with Crippen molar-refractivity contribution in [3.63, 3.8) is 0 Å². The van der Waals surface area contributed by atoms with Gasteiger partial charge in [0.15, 0.2) is 0 Å². The molecule has 2 N–H and O–H groups in total. The molecule has 0 radical (unpaired) electrons. The van der Waals surface area contributed by atoms with Crippen molar-refractivity contribution in [1.82, 2.24) is 15.2 Å². The Morgan fingerprint density at radius 3 is 2.75 bits per heavy atom. The van der Waals surface area contributed by atoms with Gasteiger partial charge >= 0.3 is 0 Å². The molecule has 6 heteroatoms. The highest BCUT2D eigenvalue weighted by atomic mass is 79.9. The number of carbonyl (C=O) groups is 1. The fourth-order valence-corrected chi connectivity index (χ4v) is 2.83. The molecule has 1 unspecified atom stereocenters. The summed E-state index contributed by atoms with van der Waals surface area (Å²) in [6.45, 7) is 8.48. The van der Waals surface area contributed by atoms with Crippen molar-refractivity contribution in [2.75, 3.05) is 32.8 Å². The maximum Gasteiger partial charge on any atom is 0.267 e. The second-order valence-electron chi connectivity index (χ2n) is 5.40. The van der Waals surface area contributed by atoms with Crippen LogP contribution in [0.4, 0.5) is 0 Å². The summed E-state index contributed by atoms with van der Waals surface area (Å²) < 4.78 is 6.27. The van der Waals surface area contributed by atoms with Gasteiger partial charge in [0.1, 0.15) is 5.69 Å². The first kappa shape index (κ1) is 15.5. The third kappa shape index (κ3) is 4.07. The molecule has 0 saturated carbocycles. The highest BCUT2D eigenvalue weighted by molar-refractivity contribution is 9.10. The number of aromatic amines is 1. The summed E-state index contributed by atoms with van der Waals surface area (Å²) >= 11 is 3.33. The van der Waals surface area contributed by atoms with Gasteiger partial charge in [0.25, 0.3) is 5.91 Å². The number of halogens is 1. The van der Waals surface area contributed by atoms with E-state index in [4.69, 9.17) is 4.74 Å². The molecule has 2 heterocycles. The SMILES string of the molecule is CC(C)C(CNC(=O)c1cc(Br)c[nH]1)N1CCOCC1. The normalized spacial score (nSPS) is 18.2. The van der Waals surface area contributed by atoms with E-state index in [-0.39, 0.29) is 5.91 Å². The van der Waals surface area contributed by atoms with Crippen LogP contribution in [0.25, 0.3) is 0 Å². The average Bonchev–Trinajstić information content (AvgIpc) is 2.86. The van der Waals surface area contributed by atoms with Gasteiger partial charge in [-0.1, -0.05) is 13.8 Å². The number of hydrogen-bond acceptors (Lipinski definition) is 3. The quantitative estimate of drug-likeness (QED) is 0.857. The third-order valence-corrected chi connectivity index (χ3v) is 4.11. The van der Waals surface area contributed by atoms with Gasteiger partial charge in [0.2, 0.25) is 0 Å². The molecule has 1 aliphatic heterocycles. The molecule has 1 amide bonds. The highest BCUT2D eigenvalue weighted by Gasteiger charge is 2.24. The molecule has 0 aliphatic carbocycles. The molecule has 1 saturated heterocycles. The van der Waals surface area contributed by atoms with Gasteiger partial charge in [-0.05, 0) is 27.9 Å². The molecule has 5 nitrogen and oxygen atoms in total. The van der Waals surface area contributed by atoms with Crippen LogP contribution in [0.15, 0.2) is 16.7 Å². The van der Waals surface area contributed by atoms with Gasteiger partial charge < -0.3 is 15.0 Å². The van der Waals surface area contributed by atoms with Crippen LogP contribution in [0, 0.1) is 5.92 Å². The molecule has 1 atom stereocenters. The van der Waals surface area contributed by atoms with Crippen molar-refractivity contribution in [3.05, 3.63) is 22.4 Å². The van der Waals surface area contributed by atoms with E-state index in [1.54, 1.807) is 12.3 Å². The van der Waals surface area contributed by atoms with Crippen LogP contribution in [0.1, 0.15) is 24.3 Å². The molecule has 2 rings (SSSR count). The van der Waals surface area contributed by atoms with E-state index in [1.165, 1.54) is 0 Å². The van der Waals surface area contributed by atoms with Crippen LogP contribution in [-0.2, 0) is 4.74 Å². The molecule has 0 bridgehead atoms. The van der Waals surface area contributed by atoms with Crippen molar-refractivity contribution in [2.45, 2.75) is 19.9 Å². The standard InChI is InChI=1S/C14H22BrN3O2/c1-10(2)13(18-3-5-20-6-4-18)9-17-14(19)12-7-11(15)8-16-12/h7-8,10,13,16H,3-6,9H2,1-2H3,(H,17,19). The van der Waals surface area contributed by atoms with Crippen molar-refractivity contribution < 1.29 is 9.53 Å². The van der Waals surface area contributed by atoms with Gasteiger partial charge in [-0.3, -0.25) is 9.69 Å². The first-order valence-electron chi connectivity index (χ1n) is 7.02. The fraction of sp³-hybridized carbons (Fsp3) is 0.643. The lowest BCUT2D eigenvalue weighted by Gasteiger charge is -2.36. The minimum Gasteiger partial charge on any atom is -0.379 e. The first-order chi connectivity index (χ1) is 9.58. The Balaban J connectivity index is 1.90. The Morgan fingerprint density at radius 1 is 1.50 bits per heavy atom. The Kier molecular flexibility index (Phi) is 5.63. The van der Waals surface area contributed by atoms with Crippen LogP contribution < -0.4 is 5.32 Å². The zero-order valence-electron chi connectivity index (χ0n) is 12.0. The van der Waals surface area contributed by atoms with Gasteiger partial charge in [-0.2, -0.15) is 0 Å². The summed E-state index contributed by atoms with van der Waals surface area (Å²) in [6.07, 6.45) is 1.76. The molecule has 1 aromatic heterocycles. The number of carbonyl (C=O) groups excluding carboxylic acids is 1. The minimum atomic E-state index is -0.0605. The molecule has 20 heavy (non-hydrogen) atoms. The summed E-state index contributed by atoms with van der Waals surface area (Å²) in [5.41, 5.74) is 0.585. The lowest BCUT2D eigenvalue weighted by molar-refractivity contribution is 0.00671. The number of amides is 1. The second kappa shape index (κ2) is 7.24. The number of nitrogens with zero attached hydrogens (tertiary/aromatic N) is 1. The number of morpholine rings is 1. The topological polar surface area (TPSA) is 57.4 Å². The summed E-state index contributed by atoms with van der Waals surface area (Å²) in [7, 11) is 0. The van der Waals surface area contributed by atoms with E-state index in [0.717, 1.165) is 30.8 Å². The van der Waals surface area contributed by atoms with Crippen LogP contribution in [0.3, 0.4) is 0 Å². The molecular formula is C14H22BrN3O2. The number of nitrogens with one attached hydrogen (secondary N) is 2. The maximum absolute atomic E-state index is 12.1. The lowest BCUT2D eigenvalue weighted by Crippen LogP contribution is -2.51. The zero-order valence-corrected chi connectivity index (χ0v) is 13.6. The van der Waals surface area contributed by atoms with Crippen molar-refractivity contribution in [3.8, 4) is 0 Å². The fourth-order valence-electron chi connectivity index (χ4n) is 2.49. The van der Waals surface area contributed by atoms with Gasteiger partial charge in [-0.15, -0.1) is 0 Å². The smallest absolute Gasteiger partial charge is 0.267 e. The molecule has 1 aromatic rings. The molecule has 0 aromatic carbocycles.